The summed E-state index contributed by atoms with van der Waals surface area (Å²) >= 11 is 3.41. The largest absolute Gasteiger partial charge is 0.369 e. The first-order chi connectivity index (χ1) is 17.3. The van der Waals surface area contributed by atoms with E-state index in [9.17, 15) is 18.8 Å². The average molecular weight is 534 g/mol. The lowest BCUT2D eigenvalue weighted by atomic mass is 9.95. The summed E-state index contributed by atoms with van der Waals surface area (Å²) in [6, 6.07) is 1.19. The number of nitrogens with zero attached hydrogens (tertiary/aromatic N) is 4. The van der Waals surface area contributed by atoms with Crippen LogP contribution in [0.2, 0.25) is 0 Å². The molecular weight excluding hydrogens is 501 g/mol. The van der Waals surface area contributed by atoms with Crippen molar-refractivity contribution in [2.24, 2.45) is 5.73 Å². The fraction of sp³-hybridized carbons (Fsp3) is 0.560. The molecule has 1 aliphatic heterocycles. The maximum absolute atomic E-state index is 13.8. The zero-order chi connectivity index (χ0) is 25.8. The summed E-state index contributed by atoms with van der Waals surface area (Å²) in [4.78, 5) is 46.1. The molecule has 1 saturated carbocycles. The van der Waals surface area contributed by atoms with E-state index in [2.05, 4.69) is 9.97 Å². The molecule has 11 heteroatoms. The zero-order valence-electron chi connectivity index (χ0n) is 20.7. The summed E-state index contributed by atoms with van der Waals surface area (Å²) in [5.41, 5.74) is 5.65. The van der Waals surface area contributed by atoms with Crippen molar-refractivity contribution < 1.29 is 9.18 Å². The Bertz CT molecular complexity index is 1350. The second-order valence-electron chi connectivity index (χ2n) is 9.37. The van der Waals surface area contributed by atoms with Crippen LogP contribution >= 0.6 is 23.1 Å². The van der Waals surface area contributed by atoms with Gasteiger partial charge in [0.1, 0.15) is 11.5 Å². The number of thiazole rings is 1. The molecule has 3 aromatic rings. The Balaban J connectivity index is 0.000000233. The van der Waals surface area contributed by atoms with Gasteiger partial charge in [-0.05, 0) is 57.1 Å². The number of carbonyl (C=O) groups is 1. The van der Waals surface area contributed by atoms with E-state index >= 15 is 0 Å². The van der Waals surface area contributed by atoms with Gasteiger partial charge in [-0.2, -0.15) is 11.8 Å². The van der Waals surface area contributed by atoms with Crippen molar-refractivity contribution >= 4 is 40.0 Å². The number of fused-ring (bicyclic) bond motifs is 1. The van der Waals surface area contributed by atoms with Crippen molar-refractivity contribution in [3.05, 3.63) is 54.5 Å². The maximum Gasteiger partial charge on any atom is 0.333 e. The molecule has 1 aliphatic carbocycles. The normalized spacial score (nSPS) is 17.1. The van der Waals surface area contributed by atoms with Crippen LogP contribution in [0.4, 0.5) is 4.39 Å². The van der Waals surface area contributed by atoms with E-state index in [4.69, 9.17) is 5.73 Å². The molecule has 0 atom stereocenters. The van der Waals surface area contributed by atoms with Gasteiger partial charge in [0.05, 0.1) is 28.7 Å². The number of thioether (sulfide) groups is 1. The number of aryl methyl sites for hydroxylation is 2. The Morgan fingerprint density at radius 3 is 2.36 bits per heavy atom. The molecule has 2 fully saturated rings. The highest BCUT2D eigenvalue weighted by Crippen LogP contribution is 2.29. The number of rotatable bonds is 4. The Labute approximate surface area is 217 Å². The molecule has 4 heterocycles. The van der Waals surface area contributed by atoms with Gasteiger partial charge in [-0.1, -0.05) is 19.3 Å². The third-order valence-electron chi connectivity index (χ3n) is 6.75. The van der Waals surface area contributed by atoms with E-state index < -0.39 is 5.82 Å². The first-order valence-corrected chi connectivity index (χ1v) is 14.3. The molecule has 1 saturated heterocycles. The summed E-state index contributed by atoms with van der Waals surface area (Å²) in [6.07, 6.45) is 8.03. The average Bonchev–Trinajstić information content (AvgIpc) is 3.17. The minimum atomic E-state index is -0.538. The molecule has 5 rings (SSSR count). The smallest absolute Gasteiger partial charge is 0.333 e. The highest BCUT2D eigenvalue weighted by molar-refractivity contribution is 7.99. The Morgan fingerprint density at radius 1 is 1.08 bits per heavy atom. The van der Waals surface area contributed by atoms with E-state index in [0.29, 0.717) is 12.1 Å². The number of hydrogen-bond donors (Lipinski definition) is 1. The number of nitrogens with two attached hydrogens (primary N) is 1. The number of amides is 1. The molecule has 0 radical (unpaired) electrons. The van der Waals surface area contributed by atoms with Gasteiger partial charge in [-0.25, -0.2) is 19.2 Å². The highest BCUT2D eigenvalue weighted by Gasteiger charge is 2.27. The summed E-state index contributed by atoms with van der Waals surface area (Å²) in [7, 11) is 0. The first kappa shape index (κ1) is 26.5. The molecule has 0 unspecified atom stereocenters. The molecule has 0 bridgehead atoms. The molecule has 36 heavy (non-hydrogen) atoms. The number of primary amides is 1. The molecule has 0 aromatic carbocycles. The van der Waals surface area contributed by atoms with Crippen LogP contribution in [0.25, 0.3) is 11.0 Å². The SMILES string of the molecule is Cc1nc(C)c(CC(N)=O)s1.O=c1c2cc(F)cnc2n(C2CCSCC2)c(=O)n1C1CCCCC1. The lowest BCUT2D eigenvalue weighted by Gasteiger charge is -2.28. The molecule has 2 N–H and O–H groups in total. The first-order valence-electron chi connectivity index (χ1n) is 12.4. The molecule has 0 spiro atoms. The molecule has 1 amide bonds. The third-order valence-corrected chi connectivity index (χ3v) is 8.87. The topological polar surface area (TPSA) is 113 Å². The molecule has 3 aromatic heterocycles. The van der Waals surface area contributed by atoms with Gasteiger partial charge in [-0.15, -0.1) is 11.3 Å². The van der Waals surface area contributed by atoms with Crippen LogP contribution in [-0.2, 0) is 11.2 Å². The number of pyridine rings is 1. The number of carbonyl (C=O) groups excluding carboxylic acids is 1. The summed E-state index contributed by atoms with van der Waals surface area (Å²) in [5, 5.41) is 1.21. The fourth-order valence-corrected chi connectivity index (χ4v) is 7.06. The number of halogens is 1. The molecule has 2 aliphatic rings. The lowest BCUT2D eigenvalue weighted by Crippen LogP contribution is -2.44. The minimum Gasteiger partial charge on any atom is -0.369 e. The van der Waals surface area contributed by atoms with Gasteiger partial charge in [0, 0.05) is 17.0 Å². The second-order valence-corrected chi connectivity index (χ2v) is 11.9. The summed E-state index contributed by atoms with van der Waals surface area (Å²) < 4.78 is 16.8. The van der Waals surface area contributed by atoms with Gasteiger partial charge in [0.2, 0.25) is 5.91 Å². The van der Waals surface area contributed by atoms with Crippen molar-refractivity contribution in [2.45, 2.75) is 77.3 Å². The Kier molecular flexibility index (Phi) is 8.61. The van der Waals surface area contributed by atoms with Crippen LogP contribution < -0.4 is 17.0 Å². The third kappa shape index (κ3) is 5.88. The van der Waals surface area contributed by atoms with Crippen molar-refractivity contribution in [2.75, 3.05) is 11.5 Å². The van der Waals surface area contributed by atoms with Crippen molar-refractivity contribution in [1.82, 2.24) is 19.1 Å². The van der Waals surface area contributed by atoms with Crippen LogP contribution in [0.15, 0.2) is 21.9 Å². The van der Waals surface area contributed by atoms with E-state index in [-0.39, 0.29) is 34.6 Å². The Hall–Kier alpha value is -2.53. The standard InChI is InChI=1S/C18H22FN3O2S.C7H10N2OS/c19-12-10-15-16(20-11-12)21(14-6-8-25-9-7-14)18(24)22(17(15)23)13-4-2-1-3-5-13;1-4-6(3-7(8)10)11-5(2)9-4/h10-11,13-14H,1-9H2;3H2,1-2H3,(H2,8,10). The summed E-state index contributed by atoms with van der Waals surface area (Å²) in [5.74, 6) is 1.14. The Morgan fingerprint density at radius 2 is 1.75 bits per heavy atom. The van der Waals surface area contributed by atoms with Gasteiger partial charge in [-0.3, -0.25) is 18.7 Å². The van der Waals surface area contributed by atoms with Crippen molar-refractivity contribution in [3.8, 4) is 0 Å². The number of hydrogen-bond acceptors (Lipinski definition) is 7. The minimum absolute atomic E-state index is 0.0321. The molecule has 8 nitrogen and oxygen atoms in total. The van der Waals surface area contributed by atoms with Gasteiger partial charge >= 0.3 is 5.69 Å². The van der Waals surface area contributed by atoms with E-state index in [1.54, 1.807) is 4.57 Å². The molecule has 194 valence electrons. The maximum atomic E-state index is 13.8. The zero-order valence-corrected chi connectivity index (χ0v) is 22.3. The molecular formula is C25H32FN5O3S2. The predicted molar refractivity (Wildman–Crippen MR) is 142 cm³/mol. The van der Waals surface area contributed by atoms with Crippen LogP contribution in [0.3, 0.4) is 0 Å². The van der Waals surface area contributed by atoms with Gasteiger partial charge < -0.3 is 5.73 Å². The van der Waals surface area contributed by atoms with Crippen LogP contribution in [0.5, 0.6) is 0 Å². The number of aromatic nitrogens is 4. The van der Waals surface area contributed by atoms with Crippen LogP contribution in [0.1, 0.15) is 72.6 Å². The quantitative estimate of drug-likeness (QED) is 0.541. The highest BCUT2D eigenvalue weighted by atomic mass is 32.2. The van der Waals surface area contributed by atoms with Crippen molar-refractivity contribution in [1.29, 1.82) is 0 Å². The van der Waals surface area contributed by atoms with Crippen LogP contribution in [-0.4, -0.2) is 36.5 Å². The van der Waals surface area contributed by atoms with Crippen molar-refractivity contribution in [3.63, 3.8) is 0 Å². The van der Waals surface area contributed by atoms with E-state index in [1.807, 2.05) is 25.6 Å². The van der Waals surface area contributed by atoms with Gasteiger partial charge in [0.25, 0.3) is 5.56 Å². The summed E-state index contributed by atoms with van der Waals surface area (Å²) in [6.45, 7) is 3.81. The second kappa shape index (κ2) is 11.7. The van der Waals surface area contributed by atoms with Crippen LogP contribution in [0, 0.1) is 19.7 Å². The fourth-order valence-electron chi connectivity index (χ4n) is 5.03. The monoisotopic (exact) mass is 533 g/mol. The predicted octanol–water partition coefficient (Wildman–Crippen LogP) is 4.06. The van der Waals surface area contributed by atoms with Gasteiger partial charge in [0.15, 0.2) is 0 Å². The van der Waals surface area contributed by atoms with E-state index in [1.165, 1.54) is 22.0 Å². The lowest BCUT2D eigenvalue weighted by molar-refractivity contribution is -0.117. The van der Waals surface area contributed by atoms with E-state index in [0.717, 1.165) is 78.2 Å².